The molecular weight excluding hydrogens is 298 g/mol. The van der Waals surface area contributed by atoms with Crippen LogP contribution in [0.15, 0.2) is 18.2 Å². The number of carbonyl (C=O) groups excluding carboxylic acids is 2. The van der Waals surface area contributed by atoms with Gasteiger partial charge in [-0.05, 0) is 18.6 Å². The number of likely N-dealkylation sites (N-methyl/N-ethyl adjacent to an activating group) is 1. The summed E-state index contributed by atoms with van der Waals surface area (Å²) in [6, 6.07) is 2.62. The van der Waals surface area contributed by atoms with Gasteiger partial charge in [0.15, 0.2) is 0 Å². The first-order valence-corrected chi connectivity index (χ1v) is 6.50. The maximum absolute atomic E-state index is 13.3. The summed E-state index contributed by atoms with van der Waals surface area (Å²) in [4.78, 5) is 34.7. The van der Waals surface area contributed by atoms with E-state index in [1.54, 1.807) is 0 Å². The fourth-order valence-corrected chi connectivity index (χ4v) is 1.69. The molecule has 0 aliphatic heterocycles. The van der Waals surface area contributed by atoms with Crippen molar-refractivity contribution in [3.05, 3.63) is 35.4 Å². The fourth-order valence-electron chi connectivity index (χ4n) is 1.69. The average Bonchev–Trinajstić information content (AvgIpc) is 2.42. The third kappa shape index (κ3) is 5.47. The molecule has 0 fully saturated rings. The quantitative estimate of drug-likeness (QED) is 0.736. The van der Waals surface area contributed by atoms with Crippen LogP contribution >= 0.6 is 0 Å². The first-order chi connectivity index (χ1) is 10.3. The fraction of sp³-hybridized carbons (Fsp3) is 0.357. The van der Waals surface area contributed by atoms with Gasteiger partial charge in [-0.3, -0.25) is 14.4 Å². The van der Waals surface area contributed by atoms with Crippen LogP contribution in [0.4, 0.5) is 8.78 Å². The van der Waals surface area contributed by atoms with Crippen molar-refractivity contribution >= 4 is 17.8 Å². The molecule has 1 aromatic carbocycles. The maximum Gasteiger partial charge on any atom is 0.323 e. The molecule has 0 saturated heterocycles. The summed E-state index contributed by atoms with van der Waals surface area (Å²) in [6.45, 7) is -0.283. The van der Waals surface area contributed by atoms with Gasteiger partial charge in [0.25, 0.3) is 5.91 Å². The highest BCUT2D eigenvalue weighted by molar-refractivity contribution is 5.94. The van der Waals surface area contributed by atoms with Crippen molar-refractivity contribution in [2.24, 2.45) is 0 Å². The maximum atomic E-state index is 13.3. The van der Waals surface area contributed by atoms with E-state index in [4.69, 9.17) is 5.11 Å². The minimum absolute atomic E-state index is 0.0515. The van der Waals surface area contributed by atoms with Crippen molar-refractivity contribution in [1.29, 1.82) is 0 Å². The summed E-state index contributed by atoms with van der Waals surface area (Å²) < 4.78 is 26.1. The molecule has 22 heavy (non-hydrogen) atoms. The lowest BCUT2D eigenvalue weighted by Crippen LogP contribution is -2.32. The number of aliphatic carboxylic acids is 1. The van der Waals surface area contributed by atoms with E-state index in [0.717, 1.165) is 17.0 Å². The van der Waals surface area contributed by atoms with Crippen molar-refractivity contribution in [1.82, 2.24) is 10.2 Å². The van der Waals surface area contributed by atoms with Crippen LogP contribution in [-0.2, 0) is 9.59 Å². The summed E-state index contributed by atoms with van der Waals surface area (Å²) >= 11 is 0. The zero-order valence-corrected chi connectivity index (χ0v) is 11.9. The normalized spacial score (nSPS) is 10.1. The Balaban J connectivity index is 2.36. The topological polar surface area (TPSA) is 86.7 Å². The highest BCUT2D eigenvalue weighted by Gasteiger charge is 2.14. The van der Waals surface area contributed by atoms with Crippen LogP contribution < -0.4 is 5.32 Å². The molecule has 0 aliphatic carbocycles. The molecule has 0 saturated carbocycles. The second-order valence-electron chi connectivity index (χ2n) is 4.63. The van der Waals surface area contributed by atoms with Crippen LogP contribution in [0.1, 0.15) is 23.2 Å². The Hall–Kier alpha value is -2.51. The van der Waals surface area contributed by atoms with Gasteiger partial charge in [0.05, 0.1) is 5.56 Å². The van der Waals surface area contributed by atoms with Crippen LogP contribution in [0.5, 0.6) is 0 Å². The summed E-state index contributed by atoms with van der Waals surface area (Å²) in [6.07, 6.45) is 0.327. The number of amides is 2. The van der Waals surface area contributed by atoms with Crippen LogP contribution in [0.3, 0.4) is 0 Å². The van der Waals surface area contributed by atoms with E-state index < -0.39 is 30.1 Å². The van der Waals surface area contributed by atoms with Crippen LogP contribution in [0, 0.1) is 11.6 Å². The lowest BCUT2D eigenvalue weighted by atomic mass is 10.2. The van der Waals surface area contributed by atoms with Gasteiger partial charge < -0.3 is 15.3 Å². The zero-order chi connectivity index (χ0) is 16.7. The lowest BCUT2D eigenvalue weighted by molar-refractivity contribution is -0.143. The Morgan fingerprint density at radius 1 is 1.27 bits per heavy atom. The Morgan fingerprint density at radius 2 is 1.95 bits per heavy atom. The van der Waals surface area contributed by atoms with Gasteiger partial charge in [-0.2, -0.15) is 0 Å². The highest BCUT2D eigenvalue weighted by Crippen LogP contribution is 2.09. The molecule has 0 radical (unpaired) electrons. The molecule has 0 atom stereocenters. The number of carbonyl (C=O) groups is 3. The molecule has 1 aromatic rings. The third-order valence-corrected chi connectivity index (χ3v) is 2.83. The minimum Gasteiger partial charge on any atom is -0.480 e. The van der Waals surface area contributed by atoms with E-state index in [-0.39, 0.29) is 30.9 Å². The van der Waals surface area contributed by atoms with Gasteiger partial charge in [-0.1, -0.05) is 0 Å². The van der Waals surface area contributed by atoms with Crippen molar-refractivity contribution in [2.45, 2.75) is 12.8 Å². The number of hydrogen-bond acceptors (Lipinski definition) is 3. The van der Waals surface area contributed by atoms with Crippen LogP contribution in [0.2, 0.25) is 0 Å². The van der Waals surface area contributed by atoms with E-state index in [9.17, 15) is 23.2 Å². The number of hydrogen-bond donors (Lipinski definition) is 2. The smallest absolute Gasteiger partial charge is 0.323 e. The first-order valence-electron chi connectivity index (χ1n) is 6.50. The molecule has 2 amide bonds. The van der Waals surface area contributed by atoms with E-state index in [2.05, 4.69) is 5.32 Å². The van der Waals surface area contributed by atoms with Crippen molar-refractivity contribution in [2.75, 3.05) is 20.1 Å². The van der Waals surface area contributed by atoms with E-state index >= 15 is 0 Å². The molecule has 8 heteroatoms. The number of nitrogens with zero attached hydrogens (tertiary/aromatic N) is 1. The Kier molecular flexibility index (Phi) is 6.43. The largest absolute Gasteiger partial charge is 0.480 e. The standard InChI is InChI=1S/C14H16F2N2O4/c1-18(8-13(20)21)12(19)3-2-6-17-14(22)10-5-4-9(15)7-11(10)16/h4-5,7H,2-3,6,8H2,1H3,(H,17,22)(H,20,21). The molecule has 0 heterocycles. The minimum atomic E-state index is -1.11. The van der Waals surface area contributed by atoms with Gasteiger partial charge in [0.2, 0.25) is 5.91 Å². The number of nitrogens with one attached hydrogen (secondary N) is 1. The van der Waals surface area contributed by atoms with Crippen molar-refractivity contribution in [3.63, 3.8) is 0 Å². The van der Waals surface area contributed by atoms with Crippen molar-refractivity contribution in [3.8, 4) is 0 Å². The molecule has 0 unspecified atom stereocenters. The zero-order valence-electron chi connectivity index (χ0n) is 11.9. The molecule has 0 aromatic heterocycles. The molecule has 0 aliphatic rings. The van der Waals surface area contributed by atoms with Gasteiger partial charge in [-0.15, -0.1) is 0 Å². The van der Waals surface area contributed by atoms with Gasteiger partial charge in [0.1, 0.15) is 18.2 Å². The summed E-state index contributed by atoms with van der Waals surface area (Å²) in [7, 11) is 1.36. The van der Waals surface area contributed by atoms with Crippen molar-refractivity contribution < 1.29 is 28.3 Å². The van der Waals surface area contributed by atoms with Crippen LogP contribution in [0.25, 0.3) is 0 Å². The Morgan fingerprint density at radius 3 is 2.55 bits per heavy atom. The van der Waals surface area contributed by atoms with Gasteiger partial charge in [-0.25, -0.2) is 8.78 Å². The van der Waals surface area contributed by atoms with E-state index in [0.29, 0.717) is 6.07 Å². The number of halogens is 2. The molecular formula is C14H16F2N2O4. The number of carboxylic acid groups (broad SMARTS) is 1. The predicted molar refractivity (Wildman–Crippen MR) is 73.2 cm³/mol. The molecule has 6 nitrogen and oxygen atoms in total. The van der Waals surface area contributed by atoms with Gasteiger partial charge in [0, 0.05) is 26.1 Å². The molecule has 120 valence electrons. The number of carboxylic acids is 1. The van der Waals surface area contributed by atoms with E-state index in [1.807, 2.05) is 0 Å². The van der Waals surface area contributed by atoms with E-state index in [1.165, 1.54) is 7.05 Å². The molecule has 1 rings (SSSR count). The molecule has 0 bridgehead atoms. The highest BCUT2D eigenvalue weighted by atomic mass is 19.1. The summed E-state index contributed by atoms with van der Waals surface area (Å²) in [5, 5.41) is 10.9. The second kappa shape index (κ2) is 8.06. The first kappa shape index (κ1) is 17.5. The van der Waals surface area contributed by atoms with Crippen LogP contribution in [-0.4, -0.2) is 47.9 Å². The summed E-state index contributed by atoms with van der Waals surface area (Å²) in [5.74, 6) is -3.93. The number of benzene rings is 1. The second-order valence-corrected chi connectivity index (χ2v) is 4.63. The van der Waals surface area contributed by atoms with Gasteiger partial charge >= 0.3 is 5.97 Å². The SMILES string of the molecule is CN(CC(=O)O)C(=O)CCCNC(=O)c1ccc(F)cc1F. The average molecular weight is 314 g/mol. The molecule has 2 N–H and O–H groups in total. The summed E-state index contributed by atoms with van der Waals surface area (Å²) in [5.41, 5.74) is -0.282. The Bertz CT molecular complexity index is 578. The predicted octanol–water partition coefficient (Wildman–Crippen LogP) is 1.02. The Labute approximate surface area is 125 Å². The number of rotatable bonds is 7. The lowest BCUT2D eigenvalue weighted by Gasteiger charge is -2.14. The monoisotopic (exact) mass is 314 g/mol. The molecule has 0 spiro atoms. The third-order valence-electron chi connectivity index (χ3n) is 2.83.